The van der Waals surface area contributed by atoms with Gasteiger partial charge in [0.15, 0.2) is 0 Å². The molecule has 0 aromatic heterocycles. The summed E-state index contributed by atoms with van der Waals surface area (Å²) in [5.41, 5.74) is 1.93. The molecule has 4 nitrogen and oxygen atoms in total. The van der Waals surface area contributed by atoms with E-state index in [1.54, 1.807) is 18.2 Å². The van der Waals surface area contributed by atoms with Crippen LogP contribution in [-0.2, 0) is 9.53 Å². The number of anilines is 1. The molecule has 0 spiro atoms. The summed E-state index contributed by atoms with van der Waals surface area (Å²) in [6, 6.07) is 4.98. The Morgan fingerprint density at radius 1 is 1.53 bits per heavy atom. The van der Waals surface area contributed by atoms with E-state index in [0.717, 1.165) is 5.56 Å². The number of benzene rings is 1. The lowest BCUT2D eigenvalue weighted by Crippen LogP contribution is -2.06. The number of hydrogen-bond acceptors (Lipinski definition) is 3. The van der Waals surface area contributed by atoms with Crippen LogP contribution >= 0.6 is 15.9 Å². The second-order valence-electron chi connectivity index (χ2n) is 3.15. The highest BCUT2D eigenvalue weighted by atomic mass is 79.9. The lowest BCUT2D eigenvalue weighted by atomic mass is 10.1. The largest absolute Gasteiger partial charge is 0.465 e. The van der Waals surface area contributed by atoms with Gasteiger partial charge in [0.05, 0.1) is 12.7 Å². The highest BCUT2D eigenvalue weighted by Crippen LogP contribution is 2.36. The topological polar surface area (TPSA) is 55.4 Å². The molecule has 0 saturated heterocycles. The van der Waals surface area contributed by atoms with E-state index in [9.17, 15) is 9.59 Å². The molecule has 1 N–H and O–H groups in total. The predicted octanol–water partition coefficient (Wildman–Crippen LogP) is 1.86. The Kier molecular flexibility index (Phi) is 2.48. The van der Waals surface area contributed by atoms with Crippen molar-refractivity contribution in [1.29, 1.82) is 0 Å². The van der Waals surface area contributed by atoms with E-state index in [1.807, 2.05) is 0 Å². The van der Waals surface area contributed by atoms with Gasteiger partial charge in [0, 0.05) is 5.69 Å². The van der Waals surface area contributed by atoms with Crippen LogP contribution in [0, 0.1) is 0 Å². The third-order valence-corrected chi connectivity index (χ3v) is 3.14. The first-order chi connectivity index (χ1) is 7.13. The third-order valence-electron chi connectivity index (χ3n) is 2.24. The van der Waals surface area contributed by atoms with Crippen LogP contribution in [0.5, 0.6) is 0 Å². The Labute approximate surface area is 94.7 Å². The number of hydrogen-bond donors (Lipinski definition) is 1. The average molecular weight is 270 g/mol. The number of nitrogens with one attached hydrogen (secondary N) is 1. The monoisotopic (exact) mass is 269 g/mol. The van der Waals surface area contributed by atoms with Crippen molar-refractivity contribution in [2.45, 2.75) is 4.83 Å². The second kappa shape index (κ2) is 3.66. The molecule has 1 aromatic carbocycles. The molecule has 0 saturated carbocycles. The number of ether oxygens (including phenoxy) is 1. The maximum Gasteiger partial charge on any atom is 0.337 e. The maximum atomic E-state index is 11.3. The molecule has 1 unspecified atom stereocenters. The minimum Gasteiger partial charge on any atom is -0.465 e. The van der Waals surface area contributed by atoms with Crippen molar-refractivity contribution in [3.05, 3.63) is 29.3 Å². The first-order valence-electron chi connectivity index (χ1n) is 4.30. The van der Waals surface area contributed by atoms with Crippen LogP contribution in [0.1, 0.15) is 20.7 Å². The lowest BCUT2D eigenvalue weighted by molar-refractivity contribution is -0.115. The van der Waals surface area contributed by atoms with Gasteiger partial charge in [0.25, 0.3) is 0 Å². The van der Waals surface area contributed by atoms with Gasteiger partial charge >= 0.3 is 5.97 Å². The summed E-state index contributed by atoms with van der Waals surface area (Å²) < 4.78 is 4.59. The number of rotatable bonds is 1. The summed E-state index contributed by atoms with van der Waals surface area (Å²) >= 11 is 3.25. The van der Waals surface area contributed by atoms with Gasteiger partial charge in [-0.05, 0) is 17.7 Å². The van der Waals surface area contributed by atoms with E-state index in [-0.39, 0.29) is 10.7 Å². The zero-order valence-corrected chi connectivity index (χ0v) is 9.50. The first-order valence-corrected chi connectivity index (χ1v) is 5.22. The molecule has 0 radical (unpaired) electrons. The Morgan fingerprint density at radius 2 is 2.27 bits per heavy atom. The van der Waals surface area contributed by atoms with Gasteiger partial charge in [-0.2, -0.15) is 0 Å². The zero-order valence-electron chi connectivity index (χ0n) is 7.91. The van der Waals surface area contributed by atoms with E-state index in [1.165, 1.54) is 7.11 Å². The lowest BCUT2D eigenvalue weighted by Gasteiger charge is -2.02. The van der Waals surface area contributed by atoms with Crippen molar-refractivity contribution in [3.63, 3.8) is 0 Å². The summed E-state index contributed by atoms with van der Waals surface area (Å²) in [7, 11) is 1.32. The van der Waals surface area contributed by atoms with Crippen LogP contribution in [0.2, 0.25) is 0 Å². The van der Waals surface area contributed by atoms with Crippen molar-refractivity contribution >= 4 is 33.5 Å². The molecule has 78 valence electrons. The van der Waals surface area contributed by atoms with E-state index in [0.29, 0.717) is 11.3 Å². The average Bonchev–Trinajstić information content (AvgIpc) is 2.53. The van der Waals surface area contributed by atoms with Crippen molar-refractivity contribution in [3.8, 4) is 0 Å². The molecule has 5 heteroatoms. The number of halogens is 1. The minimum atomic E-state index is -0.412. The van der Waals surface area contributed by atoms with Crippen LogP contribution in [0.4, 0.5) is 5.69 Å². The fourth-order valence-electron chi connectivity index (χ4n) is 1.47. The summed E-state index contributed by atoms with van der Waals surface area (Å²) in [5.74, 6) is -0.530. The van der Waals surface area contributed by atoms with Gasteiger partial charge in [-0.3, -0.25) is 4.79 Å². The molecule has 15 heavy (non-hydrogen) atoms. The number of amides is 1. The van der Waals surface area contributed by atoms with Crippen LogP contribution in [-0.4, -0.2) is 19.0 Å². The minimum absolute atomic E-state index is 0.119. The molecule has 0 bridgehead atoms. The molecule has 1 aromatic rings. The molecular weight excluding hydrogens is 262 g/mol. The van der Waals surface area contributed by atoms with E-state index in [4.69, 9.17) is 0 Å². The zero-order chi connectivity index (χ0) is 11.0. The molecule has 0 aliphatic carbocycles. The smallest absolute Gasteiger partial charge is 0.337 e. The Morgan fingerprint density at radius 3 is 2.93 bits per heavy atom. The number of methoxy groups -OCH3 is 1. The molecule has 1 atom stereocenters. The highest BCUT2D eigenvalue weighted by molar-refractivity contribution is 9.09. The van der Waals surface area contributed by atoms with Crippen molar-refractivity contribution in [2.75, 3.05) is 12.4 Å². The molecular formula is C10H8BrNO3. The normalized spacial score (nSPS) is 18.3. The van der Waals surface area contributed by atoms with Crippen molar-refractivity contribution in [1.82, 2.24) is 0 Å². The van der Waals surface area contributed by atoms with E-state index in [2.05, 4.69) is 26.0 Å². The molecule has 1 heterocycles. The van der Waals surface area contributed by atoms with Crippen molar-refractivity contribution in [2.24, 2.45) is 0 Å². The molecule has 2 rings (SSSR count). The van der Waals surface area contributed by atoms with Crippen LogP contribution in [0.15, 0.2) is 18.2 Å². The van der Waals surface area contributed by atoms with E-state index >= 15 is 0 Å². The van der Waals surface area contributed by atoms with Crippen LogP contribution in [0.3, 0.4) is 0 Å². The predicted molar refractivity (Wildman–Crippen MR) is 58.1 cm³/mol. The fraction of sp³-hybridized carbons (Fsp3) is 0.200. The van der Waals surface area contributed by atoms with Crippen LogP contribution < -0.4 is 5.32 Å². The SMILES string of the molecule is COC(=O)c1ccc2c(c1)NC(=O)C2Br. The Balaban J connectivity index is 2.42. The summed E-state index contributed by atoms with van der Waals surface area (Å²) in [4.78, 5) is 22.2. The first kappa shape index (κ1) is 10.2. The third kappa shape index (κ3) is 1.63. The number of carbonyl (C=O) groups excluding carboxylic acids is 2. The number of carbonyl (C=O) groups is 2. The van der Waals surface area contributed by atoms with Gasteiger partial charge in [-0.25, -0.2) is 4.79 Å². The molecule has 1 aliphatic rings. The fourth-order valence-corrected chi connectivity index (χ4v) is 1.98. The summed E-state index contributed by atoms with van der Waals surface area (Å²) in [5, 5.41) is 2.67. The number of alkyl halides is 1. The van der Waals surface area contributed by atoms with E-state index < -0.39 is 5.97 Å². The highest BCUT2D eigenvalue weighted by Gasteiger charge is 2.28. The van der Waals surface area contributed by atoms with Gasteiger partial charge in [-0.1, -0.05) is 22.0 Å². The Hall–Kier alpha value is -1.36. The van der Waals surface area contributed by atoms with Crippen molar-refractivity contribution < 1.29 is 14.3 Å². The van der Waals surface area contributed by atoms with Gasteiger partial charge in [0.1, 0.15) is 4.83 Å². The van der Waals surface area contributed by atoms with Gasteiger partial charge < -0.3 is 10.1 Å². The Bertz CT molecular complexity index is 444. The van der Waals surface area contributed by atoms with Gasteiger partial charge in [0.2, 0.25) is 5.91 Å². The van der Waals surface area contributed by atoms with Gasteiger partial charge in [-0.15, -0.1) is 0 Å². The summed E-state index contributed by atoms with van der Waals surface area (Å²) in [6.07, 6.45) is 0. The molecule has 0 fully saturated rings. The number of esters is 1. The second-order valence-corrected chi connectivity index (χ2v) is 4.06. The number of fused-ring (bicyclic) bond motifs is 1. The molecule has 1 amide bonds. The van der Waals surface area contributed by atoms with Crippen LogP contribution in [0.25, 0.3) is 0 Å². The maximum absolute atomic E-state index is 11.3. The standard InChI is InChI=1S/C10H8BrNO3/c1-15-10(14)5-2-3-6-7(4-5)12-9(13)8(6)11/h2-4,8H,1H3,(H,12,13). The quantitative estimate of drug-likeness (QED) is 0.626. The summed E-state index contributed by atoms with van der Waals surface area (Å²) in [6.45, 7) is 0. The molecule has 1 aliphatic heterocycles.